The number of rotatable bonds is 9. The predicted molar refractivity (Wildman–Crippen MR) is 156 cm³/mol. The molecule has 224 valence electrons. The molecule has 0 aliphatic carbocycles. The van der Waals surface area contributed by atoms with Gasteiger partial charge in [0.05, 0.1) is 17.9 Å². The normalized spacial score (nSPS) is 14.4. The lowest BCUT2D eigenvalue weighted by Gasteiger charge is -2.34. The van der Waals surface area contributed by atoms with Crippen LogP contribution >= 0.6 is 0 Å². The van der Waals surface area contributed by atoms with Crippen LogP contribution in [0.1, 0.15) is 27.0 Å². The second-order valence-corrected chi connectivity index (χ2v) is 10.2. The Morgan fingerprint density at radius 2 is 1.74 bits per heavy atom. The van der Waals surface area contributed by atoms with Gasteiger partial charge in [0, 0.05) is 80.4 Å². The van der Waals surface area contributed by atoms with Crippen molar-refractivity contribution in [3.63, 3.8) is 0 Å². The Hall–Kier alpha value is -4.46. The van der Waals surface area contributed by atoms with E-state index >= 15 is 0 Å². The lowest BCUT2D eigenvalue weighted by Crippen LogP contribution is -2.46. The molecule has 1 fully saturated rings. The van der Waals surface area contributed by atoms with Gasteiger partial charge in [-0.25, -0.2) is 19.9 Å². The second-order valence-electron chi connectivity index (χ2n) is 10.2. The van der Waals surface area contributed by atoms with Crippen molar-refractivity contribution in [1.29, 1.82) is 0 Å². The van der Waals surface area contributed by atoms with Gasteiger partial charge in [-0.3, -0.25) is 14.6 Å². The Morgan fingerprint density at radius 3 is 2.47 bits per heavy atom. The molecule has 10 nitrogen and oxygen atoms in total. The number of carbonyl (C=O) groups is 1. The summed E-state index contributed by atoms with van der Waals surface area (Å²) in [5, 5.41) is 14.8. The number of aryl methyl sites for hydroxylation is 1. The number of aliphatic hydroxyl groups excluding tert-OH is 1. The number of anilines is 3. The number of halogens is 3. The van der Waals surface area contributed by atoms with Gasteiger partial charge in [0.15, 0.2) is 0 Å². The number of carbonyl (C=O) groups excluding carboxylic acids is 1. The van der Waals surface area contributed by atoms with Crippen molar-refractivity contribution >= 4 is 23.2 Å². The monoisotopic (exact) mass is 592 g/mol. The van der Waals surface area contributed by atoms with Crippen LogP contribution in [0.2, 0.25) is 0 Å². The molecule has 13 heteroatoms. The average Bonchev–Trinajstić information content (AvgIpc) is 3.00. The zero-order chi connectivity index (χ0) is 30.4. The van der Waals surface area contributed by atoms with Crippen LogP contribution in [0.3, 0.4) is 0 Å². The SMILES string of the molecule is Cc1ccc(C(=O)Nc2ccc(CN3CCN(CCO)CC3)c(C(F)(F)F)c2)cc1Nc1nccc(-c2cncnc2)n1. The first-order valence-corrected chi connectivity index (χ1v) is 13.7. The maximum Gasteiger partial charge on any atom is 0.416 e. The number of nitrogens with zero attached hydrogens (tertiary/aromatic N) is 6. The molecule has 0 radical (unpaired) electrons. The first kappa shape index (κ1) is 30.0. The minimum Gasteiger partial charge on any atom is -0.395 e. The third-order valence-electron chi connectivity index (χ3n) is 7.21. The largest absolute Gasteiger partial charge is 0.416 e. The number of aromatic nitrogens is 4. The van der Waals surface area contributed by atoms with Gasteiger partial charge < -0.3 is 15.7 Å². The Bertz CT molecular complexity index is 1560. The number of aliphatic hydroxyl groups is 1. The van der Waals surface area contributed by atoms with Gasteiger partial charge in [0.25, 0.3) is 5.91 Å². The van der Waals surface area contributed by atoms with Crippen LogP contribution in [0.15, 0.2) is 67.4 Å². The summed E-state index contributed by atoms with van der Waals surface area (Å²) in [7, 11) is 0. The van der Waals surface area contributed by atoms with Gasteiger partial charge in [-0.2, -0.15) is 13.2 Å². The third kappa shape index (κ3) is 7.69. The fourth-order valence-electron chi connectivity index (χ4n) is 4.84. The lowest BCUT2D eigenvalue weighted by atomic mass is 10.0. The predicted octanol–water partition coefficient (Wildman–Crippen LogP) is 4.37. The summed E-state index contributed by atoms with van der Waals surface area (Å²) in [5.74, 6) is -0.262. The average molecular weight is 593 g/mol. The molecular weight excluding hydrogens is 561 g/mol. The molecule has 2 aromatic heterocycles. The van der Waals surface area contributed by atoms with E-state index in [9.17, 15) is 18.0 Å². The molecule has 43 heavy (non-hydrogen) atoms. The molecule has 1 amide bonds. The summed E-state index contributed by atoms with van der Waals surface area (Å²) in [4.78, 5) is 33.9. The Balaban J connectivity index is 1.29. The van der Waals surface area contributed by atoms with Crippen LogP contribution in [0.25, 0.3) is 11.3 Å². The van der Waals surface area contributed by atoms with Crippen LogP contribution in [-0.4, -0.2) is 80.1 Å². The number of β-amino-alcohol motifs (C(OH)–C–C–N with tert-alkyl or cyclic N) is 1. The van der Waals surface area contributed by atoms with E-state index in [-0.39, 0.29) is 30.0 Å². The summed E-state index contributed by atoms with van der Waals surface area (Å²) in [6.45, 7) is 5.18. The molecule has 0 saturated carbocycles. The quantitative estimate of drug-likeness (QED) is 0.260. The molecule has 5 rings (SSSR count). The number of nitrogens with one attached hydrogen (secondary N) is 2. The molecule has 1 saturated heterocycles. The highest BCUT2D eigenvalue weighted by molar-refractivity contribution is 6.05. The van der Waals surface area contributed by atoms with Gasteiger partial charge in [-0.05, 0) is 48.4 Å². The van der Waals surface area contributed by atoms with Crippen LogP contribution in [-0.2, 0) is 12.7 Å². The zero-order valence-electron chi connectivity index (χ0n) is 23.5. The van der Waals surface area contributed by atoms with Crippen molar-refractivity contribution in [3.8, 4) is 11.3 Å². The van der Waals surface area contributed by atoms with E-state index in [0.29, 0.717) is 55.6 Å². The molecule has 3 heterocycles. The molecule has 0 atom stereocenters. The van der Waals surface area contributed by atoms with Gasteiger partial charge in [0.1, 0.15) is 6.33 Å². The first-order valence-electron chi connectivity index (χ1n) is 13.7. The minimum atomic E-state index is -4.59. The minimum absolute atomic E-state index is 0.0463. The highest BCUT2D eigenvalue weighted by atomic mass is 19.4. The van der Waals surface area contributed by atoms with Crippen LogP contribution in [0.5, 0.6) is 0 Å². The summed E-state index contributed by atoms with van der Waals surface area (Å²) in [6.07, 6.45) is 1.69. The van der Waals surface area contributed by atoms with Crippen LogP contribution in [0.4, 0.5) is 30.5 Å². The molecule has 1 aliphatic rings. The Morgan fingerprint density at radius 1 is 1.00 bits per heavy atom. The molecule has 0 spiro atoms. The van der Waals surface area contributed by atoms with Crippen molar-refractivity contribution in [2.45, 2.75) is 19.6 Å². The number of hydrogen-bond donors (Lipinski definition) is 3. The summed E-state index contributed by atoms with van der Waals surface area (Å²) >= 11 is 0. The summed E-state index contributed by atoms with van der Waals surface area (Å²) < 4.78 is 42.2. The molecule has 0 unspecified atom stereocenters. The van der Waals surface area contributed by atoms with E-state index in [1.54, 1.807) is 42.9 Å². The lowest BCUT2D eigenvalue weighted by molar-refractivity contribution is -0.138. The summed E-state index contributed by atoms with van der Waals surface area (Å²) in [6, 6.07) is 10.5. The highest BCUT2D eigenvalue weighted by Gasteiger charge is 2.34. The van der Waals surface area contributed by atoms with Crippen molar-refractivity contribution in [2.24, 2.45) is 0 Å². The number of piperazine rings is 1. The van der Waals surface area contributed by atoms with E-state index < -0.39 is 17.6 Å². The molecule has 0 bridgehead atoms. The third-order valence-corrected chi connectivity index (χ3v) is 7.21. The van der Waals surface area contributed by atoms with Gasteiger partial charge >= 0.3 is 6.18 Å². The van der Waals surface area contributed by atoms with E-state index in [1.807, 2.05) is 11.8 Å². The highest BCUT2D eigenvalue weighted by Crippen LogP contribution is 2.35. The maximum atomic E-state index is 14.1. The number of alkyl halides is 3. The van der Waals surface area contributed by atoms with Gasteiger partial charge in [-0.1, -0.05) is 12.1 Å². The molecule has 2 aromatic carbocycles. The van der Waals surface area contributed by atoms with Crippen LogP contribution < -0.4 is 10.6 Å². The maximum absolute atomic E-state index is 14.1. The Kier molecular flexibility index (Phi) is 9.24. The molecule has 1 aliphatic heterocycles. The molecular formula is C30H31F3N8O2. The van der Waals surface area contributed by atoms with Crippen LogP contribution in [0, 0.1) is 6.92 Å². The topological polar surface area (TPSA) is 119 Å². The second kappa shape index (κ2) is 13.2. The van der Waals surface area contributed by atoms with Crippen molar-refractivity contribution < 1.29 is 23.1 Å². The van der Waals surface area contributed by atoms with Gasteiger partial charge in [-0.15, -0.1) is 0 Å². The number of benzene rings is 2. The van der Waals surface area contributed by atoms with Gasteiger partial charge in [0.2, 0.25) is 5.95 Å². The van der Waals surface area contributed by atoms with Crippen molar-refractivity contribution in [1.82, 2.24) is 29.7 Å². The zero-order valence-corrected chi connectivity index (χ0v) is 23.5. The van der Waals surface area contributed by atoms with Crippen molar-refractivity contribution in [2.75, 3.05) is 50.0 Å². The molecule has 4 aromatic rings. The first-order chi connectivity index (χ1) is 20.7. The number of hydrogen-bond acceptors (Lipinski definition) is 9. The fourth-order valence-corrected chi connectivity index (χ4v) is 4.84. The van der Waals surface area contributed by atoms with Crippen molar-refractivity contribution in [3.05, 3.63) is 89.6 Å². The molecule has 3 N–H and O–H groups in total. The van der Waals surface area contributed by atoms with E-state index in [4.69, 9.17) is 5.11 Å². The smallest absolute Gasteiger partial charge is 0.395 e. The summed E-state index contributed by atoms with van der Waals surface area (Å²) in [5.41, 5.74) is 2.36. The Labute approximate surface area is 246 Å². The standard InChI is InChI=1S/C30H31F3N8O2/c1-20-2-3-21(14-27(20)39-29-36-7-6-26(38-29)23-16-34-19-35-17-23)28(43)37-24-5-4-22(25(15-24)30(31,32)33)18-41-10-8-40(9-11-41)12-13-42/h2-7,14-17,19,42H,8-13,18H2,1H3,(H,37,43)(H,36,38,39). The van der Waals surface area contributed by atoms with E-state index in [0.717, 1.165) is 11.6 Å². The number of amides is 1. The van der Waals surface area contributed by atoms with E-state index in [1.165, 1.54) is 18.5 Å². The van der Waals surface area contributed by atoms with E-state index in [2.05, 4.69) is 35.5 Å². The fraction of sp³-hybridized carbons (Fsp3) is 0.300.